The van der Waals surface area contributed by atoms with Gasteiger partial charge in [-0.2, -0.15) is 5.26 Å². The molecule has 4 aliphatic carbocycles. The van der Waals surface area contributed by atoms with Crippen LogP contribution < -0.4 is 4.90 Å². The largest absolute Gasteiger partial charge is 0.355 e. The summed E-state index contributed by atoms with van der Waals surface area (Å²) >= 11 is 3.60. The normalized spacial score (nSPS) is 28.4. The predicted molar refractivity (Wildman–Crippen MR) is 150 cm³/mol. The maximum absolute atomic E-state index is 9.49. The first kappa shape index (κ1) is 23.9. The van der Waals surface area contributed by atoms with Crippen molar-refractivity contribution >= 4 is 32.7 Å². The van der Waals surface area contributed by atoms with Crippen LogP contribution in [-0.4, -0.2) is 23.1 Å². The van der Waals surface area contributed by atoms with E-state index < -0.39 is 0 Å². The highest BCUT2D eigenvalue weighted by molar-refractivity contribution is 9.10. The quantitative estimate of drug-likeness (QED) is 0.288. The van der Waals surface area contributed by atoms with Crippen molar-refractivity contribution in [3.05, 3.63) is 53.0 Å². The summed E-state index contributed by atoms with van der Waals surface area (Å²) in [5.74, 6) is 3.58. The zero-order valence-corrected chi connectivity index (χ0v) is 22.8. The molecule has 4 saturated carbocycles. The molecule has 5 heteroatoms. The van der Waals surface area contributed by atoms with Crippen molar-refractivity contribution in [1.82, 2.24) is 9.97 Å². The molecule has 186 valence electrons. The molecule has 4 bridgehead atoms. The second-order valence-electron chi connectivity index (χ2n) is 11.9. The van der Waals surface area contributed by atoms with Gasteiger partial charge in [-0.25, -0.2) is 9.97 Å². The third kappa shape index (κ3) is 4.43. The first-order chi connectivity index (χ1) is 17.5. The molecule has 4 aliphatic rings. The summed E-state index contributed by atoms with van der Waals surface area (Å²) in [4.78, 5) is 12.5. The molecule has 0 spiro atoms. The van der Waals surface area contributed by atoms with E-state index in [0.29, 0.717) is 23.8 Å². The summed E-state index contributed by atoms with van der Waals surface area (Å²) in [6.45, 7) is 4.09. The number of aromatic nitrogens is 2. The van der Waals surface area contributed by atoms with Gasteiger partial charge in [0.2, 0.25) is 0 Å². The minimum absolute atomic E-state index is 0.473. The zero-order valence-electron chi connectivity index (χ0n) is 21.2. The van der Waals surface area contributed by atoms with E-state index in [1.807, 2.05) is 18.2 Å². The first-order valence-corrected chi connectivity index (χ1v) is 14.4. The number of para-hydroxylation sites is 1. The Morgan fingerprint density at radius 1 is 1.00 bits per heavy atom. The fourth-order valence-corrected chi connectivity index (χ4v) is 8.69. The topological polar surface area (TPSA) is 52.8 Å². The van der Waals surface area contributed by atoms with Gasteiger partial charge in [0.15, 0.2) is 5.82 Å². The molecule has 2 unspecified atom stereocenters. The highest BCUT2D eigenvalue weighted by atomic mass is 79.9. The van der Waals surface area contributed by atoms with Gasteiger partial charge in [0.25, 0.3) is 0 Å². The van der Waals surface area contributed by atoms with Crippen molar-refractivity contribution < 1.29 is 0 Å². The van der Waals surface area contributed by atoms with E-state index >= 15 is 0 Å². The predicted octanol–water partition coefficient (Wildman–Crippen LogP) is 8.17. The van der Waals surface area contributed by atoms with Gasteiger partial charge in [-0.1, -0.05) is 53.5 Å². The summed E-state index contributed by atoms with van der Waals surface area (Å²) in [6.07, 6.45) is 11.7. The molecule has 2 atom stereocenters. The molecule has 36 heavy (non-hydrogen) atoms. The lowest BCUT2D eigenvalue weighted by Gasteiger charge is -2.62. The van der Waals surface area contributed by atoms with Crippen molar-refractivity contribution in [2.24, 2.45) is 22.7 Å². The number of anilines is 1. The fraction of sp³-hybridized carbons (Fsp3) is 0.516. The van der Waals surface area contributed by atoms with Gasteiger partial charge in [0.1, 0.15) is 5.82 Å². The van der Waals surface area contributed by atoms with Gasteiger partial charge >= 0.3 is 0 Å². The van der Waals surface area contributed by atoms with Crippen LogP contribution >= 0.6 is 15.9 Å². The Morgan fingerprint density at radius 2 is 1.78 bits per heavy atom. The third-order valence-electron chi connectivity index (χ3n) is 9.42. The Morgan fingerprint density at radius 3 is 2.53 bits per heavy atom. The van der Waals surface area contributed by atoms with Crippen molar-refractivity contribution in [3.63, 3.8) is 0 Å². The third-order valence-corrected chi connectivity index (χ3v) is 9.92. The molecule has 7 rings (SSSR count). The number of nitriles is 1. The van der Waals surface area contributed by atoms with Crippen molar-refractivity contribution in [1.29, 1.82) is 5.26 Å². The monoisotopic (exact) mass is 542 g/mol. The van der Waals surface area contributed by atoms with Crippen LogP contribution in [0.4, 0.5) is 5.82 Å². The average Bonchev–Trinajstić information content (AvgIpc) is 2.87. The second-order valence-corrected chi connectivity index (χ2v) is 12.8. The van der Waals surface area contributed by atoms with Gasteiger partial charge < -0.3 is 4.90 Å². The maximum Gasteiger partial charge on any atom is 0.162 e. The summed E-state index contributed by atoms with van der Waals surface area (Å²) in [5, 5.41) is 10.6. The number of hydrogen-bond acceptors (Lipinski definition) is 4. The van der Waals surface area contributed by atoms with Crippen LogP contribution in [0.2, 0.25) is 0 Å². The highest BCUT2D eigenvalue weighted by Crippen LogP contribution is 2.67. The minimum Gasteiger partial charge on any atom is -0.355 e. The molecular weight excluding hydrogens is 508 g/mol. The smallest absolute Gasteiger partial charge is 0.162 e. The van der Waals surface area contributed by atoms with Crippen LogP contribution in [0.15, 0.2) is 53.0 Å². The van der Waals surface area contributed by atoms with Gasteiger partial charge in [0, 0.05) is 28.5 Å². The summed E-state index contributed by atoms with van der Waals surface area (Å²) in [7, 11) is 0. The van der Waals surface area contributed by atoms with E-state index in [4.69, 9.17) is 9.97 Å². The molecule has 0 aliphatic heterocycles. The number of hydrogen-bond donors (Lipinski definition) is 0. The number of rotatable bonds is 8. The lowest BCUT2D eigenvalue weighted by atomic mass is 9.43. The molecule has 4 nitrogen and oxygen atoms in total. The van der Waals surface area contributed by atoms with E-state index in [-0.39, 0.29) is 0 Å². The lowest BCUT2D eigenvalue weighted by molar-refractivity contribution is -0.114. The van der Waals surface area contributed by atoms with E-state index in [1.54, 1.807) is 0 Å². The van der Waals surface area contributed by atoms with E-state index in [1.165, 1.54) is 51.4 Å². The molecule has 2 aromatic carbocycles. The van der Waals surface area contributed by atoms with Gasteiger partial charge in [-0.3, -0.25) is 0 Å². The molecule has 0 amide bonds. The van der Waals surface area contributed by atoms with Crippen LogP contribution in [0.3, 0.4) is 0 Å². The Balaban J connectivity index is 1.35. The molecule has 1 heterocycles. The Labute approximate surface area is 223 Å². The van der Waals surface area contributed by atoms with Crippen molar-refractivity contribution in [3.8, 4) is 17.5 Å². The highest BCUT2D eigenvalue weighted by Gasteiger charge is 2.56. The number of halogens is 1. The maximum atomic E-state index is 9.49. The SMILES string of the molecule is CCC12CC3CC(C1)CC(CCN(CCC#N)c1nc(-c4cccc(Br)c4)nc4ccccc14)(C3)C2. The number of fused-ring (bicyclic) bond motifs is 1. The number of benzene rings is 2. The van der Waals surface area contributed by atoms with Crippen LogP contribution in [0, 0.1) is 34.0 Å². The van der Waals surface area contributed by atoms with Crippen LogP contribution in [-0.2, 0) is 0 Å². The van der Waals surface area contributed by atoms with Crippen LogP contribution in [0.5, 0.6) is 0 Å². The summed E-state index contributed by atoms with van der Waals surface area (Å²) in [5.41, 5.74) is 3.03. The minimum atomic E-state index is 0.473. The molecule has 0 radical (unpaired) electrons. The zero-order chi connectivity index (χ0) is 24.8. The standard InChI is InChI=1S/C31H35BrN4/c1-2-30-17-22-15-23(18-30)20-31(19-22,21-30)11-14-36(13-6-12-33)29-26-9-3-4-10-27(26)34-28(35-29)24-7-5-8-25(32)16-24/h3-5,7-10,16,22-23H,2,6,11,13-15,17-21H2,1H3. The molecule has 1 aromatic heterocycles. The van der Waals surface area contributed by atoms with Gasteiger partial charge in [-0.15, -0.1) is 0 Å². The fourth-order valence-electron chi connectivity index (χ4n) is 8.29. The molecule has 4 fully saturated rings. The Kier molecular flexibility index (Phi) is 6.28. The summed E-state index contributed by atoms with van der Waals surface area (Å²) < 4.78 is 1.02. The number of nitrogens with zero attached hydrogens (tertiary/aromatic N) is 4. The first-order valence-electron chi connectivity index (χ1n) is 13.7. The molecular formula is C31H35BrN4. The van der Waals surface area contributed by atoms with E-state index in [2.05, 4.69) is 64.2 Å². The molecule has 0 saturated heterocycles. The molecule has 3 aromatic rings. The summed E-state index contributed by atoms with van der Waals surface area (Å²) in [6, 6.07) is 18.9. The Bertz CT molecular complexity index is 1300. The van der Waals surface area contributed by atoms with Crippen molar-refractivity contribution in [2.75, 3.05) is 18.0 Å². The van der Waals surface area contributed by atoms with Crippen molar-refractivity contribution in [2.45, 2.75) is 64.7 Å². The van der Waals surface area contributed by atoms with Crippen LogP contribution in [0.25, 0.3) is 22.3 Å². The lowest BCUT2D eigenvalue weighted by Crippen LogP contribution is -2.52. The van der Waals surface area contributed by atoms with E-state index in [9.17, 15) is 5.26 Å². The molecule has 0 N–H and O–H groups in total. The van der Waals surface area contributed by atoms with Crippen LogP contribution in [0.1, 0.15) is 64.7 Å². The van der Waals surface area contributed by atoms with Gasteiger partial charge in [0.05, 0.1) is 18.0 Å². The average molecular weight is 544 g/mol. The second kappa shape index (κ2) is 9.45. The van der Waals surface area contributed by atoms with E-state index in [0.717, 1.165) is 51.0 Å². The van der Waals surface area contributed by atoms with Gasteiger partial charge in [-0.05, 0) is 91.9 Å². The Hall–Kier alpha value is -2.45.